The molecule has 5 nitrogen and oxygen atoms in total. The minimum Gasteiger partial charge on any atom is -0.497 e. The van der Waals surface area contributed by atoms with Crippen LogP contribution in [0.4, 0.5) is 4.39 Å². The first-order valence-corrected chi connectivity index (χ1v) is 13.9. The summed E-state index contributed by atoms with van der Waals surface area (Å²) in [6.07, 6.45) is 10.1. The monoisotopic (exact) mass is 519 g/mol. The zero-order valence-corrected chi connectivity index (χ0v) is 22.2. The summed E-state index contributed by atoms with van der Waals surface area (Å²) in [5, 5.41) is 9.38. The Hall–Kier alpha value is -3.12. The highest BCUT2D eigenvalue weighted by Crippen LogP contribution is 2.45. The van der Waals surface area contributed by atoms with Crippen molar-refractivity contribution < 1.29 is 23.8 Å². The highest BCUT2D eigenvalue weighted by molar-refractivity contribution is 5.68. The number of hydrogen-bond acceptors (Lipinski definition) is 4. The molecule has 0 spiro atoms. The number of rotatable bonds is 11. The Kier molecular flexibility index (Phi) is 8.48. The molecule has 2 unspecified atom stereocenters. The number of carboxylic acid groups (broad SMARTS) is 1. The smallest absolute Gasteiger partial charge is 0.303 e. The summed E-state index contributed by atoms with van der Waals surface area (Å²) in [6, 6.07) is 14.1. The molecule has 38 heavy (non-hydrogen) atoms. The molecule has 1 saturated carbocycles. The summed E-state index contributed by atoms with van der Waals surface area (Å²) in [6.45, 7) is 3.31. The largest absolute Gasteiger partial charge is 0.497 e. The second kappa shape index (κ2) is 12.2. The summed E-state index contributed by atoms with van der Waals surface area (Å²) < 4.78 is 26.7. The molecular formula is C32H38FNO4. The quantitative estimate of drug-likeness (QED) is 0.356. The van der Waals surface area contributed by atoms with Crippen molar-refractivity contribution >= 4 is 5.97 Å². The number of alkyl halides is 1. The van der Waals surface area contributed by atoms with Gasteiger partial charge in [-0.1, -0.05) is 36.8 Å². The molecule has 0 amide bonds. The van der Waals surface area contributed by atoms with Gasteiger partial charge in [0, 0.05) is 12.5 Å². The van der Waals surface area contributed by atoms with Crippen molar-refractivity contribution in [2.45, 2.75) is 69.7 Å². The van der Waals surface area contributed by atoms with Crippen molar-refractivity contribution in [3.8, 4) is 5.75 Å². The van der Waals surface area contributed by atoms with E-state index >= 15 is 4.39 Å². The predicted molar refractivity (Wildman–Crippen MR) is 146 cm³/mol. The van der Waals surface area contributed by atoms with Crippen LogP contribution in [0.2, 0.25) is 0 Å². The molecule has 202 valence electrons. The van der Waals surface area contributed by atoms with E-state index < -0.39 is 12.1 Å². The lowest BCUT2D eigenvalue weighted by Gasteiger charge is -2.29. The van der Waals surface area contributed by atoms with Crippen LogP contribution >= 0.6 is 0 Å². The van der Waals surface area contributed by atoms with Gasteiger partial charge in [0.15, 0.2) is 0 Å². The molecule has 2 aliphatic carbocycles. The Labute approximate surface area is 224 Å². The van der Waals surface area contributed by atoms with Crippen molar-refractivity contribution in [3.63, 3.8) is 0 Å². The van der Waals surface area contributed by atoms with Gasteiger partial charge >= 0.3 is 5.97 Å². The van der Waals surface area contributed by atoms with Gasteiger partial charge in [-0.05, 0) is 103 Å². The number of benzene rings is 2. The van der Waals surface area contributed by atoms with Crippen LogP contribution in [0.1, 0.15) is 72.6 Å². The predicted octanol–water partition coefficient (Wildman–Crippen LogP) is 6.74. The van der Waals surface area contributed by atoms with Crippen LogP contribution in [0.5, 0.6) is 5.75 Å². The van der Waals surface area contributed by atoms with Crippen molar-refractivity contribution in [1.82, 2.24) is 4.90 Å². The van der Waals surface area contributed by atoms with E-state index in [9.17, 15) is 9.90 Å². The van der Waals surface area contributed by atoms with Gasteiger partial charge in [0.1, 0.15) is 24.3 Å². The van der Waals surface area contributed by atoms with E-state index in [1.807, 2.05) is 42.5 Å². The lowest BCUT2D eigenvalue weighted by atomic mass is 9.86. The van der Waals surface area contributed by atoms with Gasteiger partial charge in [-0.25, -0.2) is 4.39 Å². The molecule has 3 atom stereocenters. The molecule has 5 rings (SSSR count). The van der Waals surface area contributed by atoms with Gasteiger partial charge < -0.3 is 14.6 Å². The maximum absolute atomic E-state index is 15.1. The average molecular weight is 520 g/mol. The van der Waals surface area contributed by atoms with Crippen molar-refractivity contribution in [2.75, 3.05) is 20.2 Å². The fraction of sp³-hybridized carbons (Fsp3) is 0.469. The van der Waals surface area contributed by atoms with Crippen molar-refractivity contribution in [3.05, 3.63) is 88.7 Å². The Bertz CT molecular complexity index is 1180. The van der Waals surface area contributed by atoms with E-state index in [0.29, 0.717) is 18.3 Å². The maximum Gasteiger partial charge on any atom is 0.303 e. The average Bonchev–Trinajstić information content (AvgIpc) is 3.77. The summed E-state index contributed by atoms with van der Waals surface area (Å²) in [4.78, 5) is 13.9. The minimum atomic E-state index is -1.09. The first kappa shape index (κ1) is 26.5. The molecule has 2 aromatic carbocycles. The lowest BCUT2D eigenvalue weighted by molar-refractivity contribution is -0.137. The molecule has 1 saturated heterocycles. The highest BCUT2D eigenvalue weighted by atomic mass is 19.1. The van der Waals surface area contributed by atoms with Crippen LogP contribution in [0.3, 0.4) is 0 Å². The number of aliphatic carboxylic acids is 1. The second-order valence-corrected chi connectivity index (χ2v) is 10.9. The molecule has 2 fully saturated rings. The third-order valence-electron chi connectivity index (χ3n) is 8.05. The zero-order chi connectivity index (χ0) is 26.5. The third-order valence-corrected chi connectivity index (χ3v) is 8.05. The molecule has 6 heteroatoms. The van der Waals surface area contributed by atoms with Crippen LogP contribution in [0, 0.1) is 5.92 Å². The first-order valence-electron chi connectivity index (χ1n) is 13.9. The van der Waals surface area contributed by atoms with Crippen LogP contribution in [0.25, 0.3) is 0 Å². The second-order valence-electron chi connectivity index (χ2n) is 10.9. The summed E-state index contributed by atoms with van der Waals surface area (Å²) in [7, 11) is 1.62. The normalized spacial score (nSPS) is 22.5. The number of halogens is 1. The Morgan fingerprint density at radius 2 is 1.95 bits per heavy atom. The summed E-state index contributed by atoms with van der Waals surface area (Å²) in [5.41, 5.74) is 4.20. The van der Waals surface area contributed by atoms with Crippen molar-refractivity contribution in [2.24, 2.45) is 5.92 Å². The first-order chi connectivity index (χ1) is 18.5. The molecule has 1 heterocycles. The third kappa shape index (κ3) is 6.65. The maximum atomic E-state index is 15.1. The molecular weight excluding hydrogens is 481 g/mol. The number of hydrogen-bond donors (Lipinski definition) is 1. The van der Waals surface area contributed by atoms with E-state index in [-0.39, 0.29) is 18.3 Å². The SMILES string of the molecule is COC1=CC(c2ccc(COc3cccc([C@@H](CC(=O)O)C4CC4)c3)cc2CN2CCCCC2)C(F)C=C1. The van der Waals surface area contributed by atoms with E-state index in [2.05, 4.69) is 11.0 Å². The Balaban J connectivity index is 1.35. The van der Waals surface area contributed by atoms with Gasteiger partial charge in [0.2, 0.25) is 0 Å². The zero-order valence-electron chi connectivity index (χ0n) is 22.2. The molecule has 1 aliphatic heterocycles. The van der Waals surface area contributed by atoms with Crippen molar-refractivity contribution in [1.29, 1.82) is 0 Å². The van der Waals surface area contributed by atoms with E-state index in [1.165, 1.54) is 19.3 Å². The van der Waals surface area contributed by atoms with E-state index in [0.717, 1.165) is 60.5 Å². The molecule has 0 aromatic heterocycles. The lowest BCUT2D eigenvalue weighted by Crippen LogP contribution is -2.30. The summed E-state index contributed by atoms with van der Waals surface area (Å²) in [5.74, 6) is 0.783. The van der Waals surface area contributed by atoms with Crippen LogP contribution < -0.4 is 4.74 Å². The Morgan fingerprint density at radius 3 is 2.68 bits per heavy atom. The number of nitrogens with zero attached hydrogens (tertiary/aromatic N) is 1. The van der Waals surface area contributed by atoms with Gasteiger partial charge in [-0.2, -0.15) is 0 Å². The number of carbonyl (C=O) groups is 1. The molecule has 3 aliphatic rings. The van der Waals surface area contributed by atoms with Gasteiger partial charge in [0.05, 0.1) is 13.5 Å². The molecule has 1 N–H and O–H groups in total. The number of ether oxygens (including phenoxy) is 2. The standard InChI is InChI=1S/C32H38FNO4/c1-37-26-11-13-31(33)30(18-26)28-12-8-22(16-25(28)20-34-14-3-2-4-15-34)21-38-27-7-5-6-24(17-27)29(19-32(35)36)23-9-10-23/h5-8,11-13,16-18,23,29-31H,2-4,9-10,14-15,19-21H2,1H3,(H,35,36)/t29-,30?,31?/m0/s1. The van der Waals surface area contributed by atoms with Gasteiger partial charge in [-0.3, -0.25) is 9.69 Å². The molecule has 0 bridgehead atoms. The topological polar surface area (TPSA) is 59.0 Å². The van der Waals surface area contributed by atoms with Crippen LogP contribution in [-0.4, -0.2) is 42.3 Å². The molecule has 2 aromatic rings. The number of allylic oxidation sites excluding steroid dienone is 3. The number of carboxylic acids is 1. The fourth-order valence-corrected chi connectivity index (χ4v) is 5.84. The van der Waals surface area contributed by atoms with Gasteiger partial charge in [-0.15, -0.1) is 0 Å². The number of likely N-dealkylation sites (tertiary alicyclic amines) is 1. The molecule has 0 radical (unpaired) electrons. The van der Waals surface area contributed by atoms with Crippen LogP contribution in [-0.2, 0) is 22.7 Å². The van der Waals surface area contributed by atoms with E-state index in [1.54, 1.807) is 19.3 Å². The van der Waals surface area contributed by atoms with Crippen LogP contribution in [0.15, 0.2) is 66.5 Å². The highest BCUT2D eigenvalue weighted by Gasteiger charge is 2.34. The fourth-order valence-electron chi connectivity index (χ4n) is 5.84. The Morgan fingerprint density at radius 1 is 1.13 bits per heavy atom. The van der Waals surface area contributed by atoms with E-state index in [4.69, 9.17) is 9.47 Å². The van der Waals surface area contributed by atoms with Gasteiger partial charge in [0.25, 0.3) is 0 Å². The number of methoxy groups -OCH3 is 1. The number of piperidine rings is 1. The summed E-state index contributed by atoms with van der Waals surface area (Å²) >= 11 is 0. The minimum absolute atomic E-state index is 0.0368.